The molecule has 1 heterocycles. The molecule has 10 heteroatoms. The quantitative estimate of drug-likeness (QED) is 0.494. The van der Waals surface area contributed by atoms with E-state index in [-0.39, 0.29) is 75.4 Å². The maximum absolute atomic E-state index is 14.6. The third kappa shape index (κ3) is 5.74. The van der Waals surface area contributed by atoms with Crippen molar-refractivity contribution in [3.05, 3.63) is 47.4 Å². The van der Waals surface area contributed by atoms with Crippen molar-refractivity contribution in [2.24, 2.45) is 16.7 Å². The van der Waals surface area contributed by atoms with Gasteiger partial charge in [-0.2, -0.15) is 0 Å². The largest absolute Gasteiger partial charge is 0.481 e. The van der Waals surface area contributed by atoms with Gasteiger partial charge in [-0.15, -0.1) is 0 Å². The van der Waals surface area contributed by atoms with Crippen LogP contribution in [-0.4, -0.2) is 89.3 Å². The minimum absolute atomic E-state index is 0. The van der Waals surface area contributed by atoms with Gasteiger partial charge in [-0.05, 0) is 70.5 Å². The Kier molecular flexibility index (Phi) is 9.14. The number of benzene rings is 1. The number of halogens is 1. The Hall–Kier alpha value is -1.17. The fourth-order valence-electron chi connectivity index (χ4n) is 6.16. The number of rotatable bonds is 8. The molecule has 1 unspecified atom stereocenters. The van der Waals surface area contributed by atoms with Crippen LogP contribution in [0.2, 0.25) is 0 Å². The van der Waals surface area contributed by atoms with Crippen LogP contribution in [-0.2, 0) is 26.0 Å². The number of methoxy groups -OCH3 is 1. The minimum atomic E-state index is -4.09. The number of hydrogen-bond acceptors (Lipinski definition) is 6. The van der Waals surface area contributed by atoms with Gasteiger partial charge in [-0.25, -0.2) is 17.8 Å². The van der Waals surface area contributed by atoms with E-state index in [2.05, 4.69) is 9.71 Å². The van der Waals surface area contributed by atoms with Gasteiger partial charge in [0.05, 0.1) is 24.7 Å². The molecule has 0 saturated heterocycles. The van der Waals surface area contributed by atoms with Gasteiger partial charge in [-0.3, -0.25) is 14.3 Å². The van der Waals surface area contributed by atoms with Crippen LogP contribution in [0.1, 0.15) is 64.0 Å². The van der Waals surface area contributed by atoms with E-state index in [4.69, 9.17) is 4.74 Å². The molecule has 0 spiro atoms. The average molecular weight is 556 g/mol. The van der Waals surface area contributed by atoms with E-state index in [1.54, 1.807) is 12.1 Å². The van der Waals surface area contributed by atoms with Crippen molar-refractivity contribution in [2.45, 2.75) is 59.3 Å². The van der Waals surface area contributed by atoms with Gasteiger partial charge in [0.2, 0.25) is 21.8 Å². The number of hydrogen-bond donors (Lipinski definition) is 1. The van der Waals surface area contributed by atoms with Crippen molar-refractivity contribution in [3.8, 4) is 17.0 Å². The molecule has 4 rings (SSSR count). The van der Waals surface area contributed by atoms with Gasteiger partial charge in [0.25, 0.3) is 0 Å². The number of sulfonamides is 1. The Morgan fingerprint density at radius 3 is 2.54 bits per heavy atom. The molecule has 2 aliphatic carbocycles. The molecule has 0 aliphatic heterocycles. The van der Waals surface area contributed by atoms with Crippen molar-refractivity contribution in [1.29, 1.82) is 0 Å². The third-order valence-corrected chi connectivity index (χ3v) is 9.72. The zero-order chi connectivity index (χ0) is 26.5. The molecule has 7 nitrogen and oxygen atoms in total. The number of fused-ring (bicyclic) bond motifs is 2. The zero-order valence-corrected chi connectivity index (χ0v) is 26.3. The SMILES string of the molecule is COc1cc(-c2cc(F)cc(C(C)C)c2CC(=O)NS(=O)(=O)C[C@]23CCC(CC2=O)C3(C)C)ccn1.[K]. The Balaban J connectivity index is 0.00000380. The van der Waals surface area contributed by atoms with E-state index < -0.39 is 38.3 Å². The second kappa shape index (κ2) is 11.1. The molecule has 1 N–H and O–H groups in total. The van der Waals surface area contributed by atoms with E-state index in [9.17, 15) is 22.4 Å². The molecule has 2 atom stereocenters. The number of pyridine rings is 1. The number of amides is 1. The molecule has 2 bridgehead atoms. The molecular formula is C27H33FKN2O5S. The van der Waals surface area contributed by atoms with Crippen molar-refractivity contribution in [3.63, 3.8) is 0 Å². The zero-order valence-electron chi connectivity index (χ0n) is 22.4. The van der Waals surface area contributed by atoms with Gasteiger partial charge < -0.3 is 4.74 Å². The monoisotopic (exact) mass is 555 g/mol. The van der Waals surface area contributed by atoms with Gasteiger partial charge >= 0.3 is 0 Å². The number of nitrogens with zero attached hydrogens (tertiary/aromatic N) is 1. The summed E-state index contributed by atoms with van der Waals surface area (Å²) < 4.78 is 48.3. The summed E-state index contributed by atoms with van der Waals surface area (Å²) in [5, 5.41) is 0. The maximum Gasteiger partial charge on any atom is 0.237 e. The summed E-state index contributed by atoms with van der Waals surface area (Å²) in [6.45, 7) is 7.67. The Morgan fingerprint density at radius 2 is 1.97 bits per heavy atom. The Labute approximate surface area is 260 Å². The predicted octanol–water partition coefficient (Wildman–Crippen LogP) is 4.02. The van der Waals surface area contributed by atoms with Crippen molar-refractivity contribution < 1.29 is 27.1 Å². The van der Waals surface area contributed by atoms with E-state index in [1.165, 1.54) is 25.4 Å². The van der Waals surface area contributed by atoms with Crippen LogP contribution in [0, 0.1) is 22.6 Å². The molecular weight excluding hydrogens is 522 g/mol. The molecule has 2 saturated carbocycles. The standard InChI is InChI=1S/C27H33FN2O5S.K/c1-16(2)20-12-19(28)13-21(17-7-9-29-25(10-17)35-5)22(20)14-24(32)30-36(33,34)15-27-8-6-18(11-23(27)31)26(27,3)4;/h7,9-10,12-13,16,18H,6,8,11,14-15H2,1-5H3,(H,30,32);/t18?,27-;/m1./s1. The summed E-state index contributed by atoms with van der Waals surface area (Å²) in [6, 6.07) is 6.03. The number of carbonyl (C=O) groups is 2. The van der Waals surface area contributed by atoms with Gasteiger partial charge in [-0.1, -0.05) is 27.7 Å². The molecule has 195 valence electrons. The fraction of sp³-hybridized carbons (Fsp3) is 0.519. The van der Waals surface area contributed by atoms with Crippen LogP contribution in [0.4, 0.5) is 4.39 Å². The van der Waals surface area contributed by atoms with E-state index >= 15 is 0 Å². The van der Waals surface area contributed by atoms with Crippen LogP contribution in [0.25, 0.3) is 11.1 Å². The molecule has 1 aromatic carbocycles. The Morgan fingerprint density at radius 1 is 1.27 bits per heavy atom. The molecule has 1 aromatic heterocycles. The van der Waals surface area contributed by atoms with Crippen LogP contribution >= 0.6 is 0 Å². The first-order valence-electron chi connectivity index (χ1n) is 12.2. The van der Waals surface area contributed by atoms with E-state index in [0.717, 1.165) is 6.42 Å². The maximum atomic E-state index is 14.6. The smallest absolute Gasteiger partial charge is 0.237 e. The van der Waals surface area contributed by atoms with Crippen molar-refractivity contribution >= 4 is 73.1 Å². The van der Waals surface area contributed by atoms with Crippen LogP contribution in [0.3, 0.4) is 0 Å². The average Bonchev–Trinajstić information content (AvgIpc) is 3.13. The number of ether oxygens (including phenoxy) is 1. The number of carbonyl (C=O) groups excluding carboxylic acids is 2. The topological polar surface area (TPSA) is 102 Å². The van der Waals surface area contributed by atoms with Crippen molar-refractivity contribution in [1.82, 2.24) is 9.71 Å². The first kappa shape index (κ1) is 30.4. The van der Waals surface area contributed by atoms with Crippen LogP contribution in [0.5, 0.6) is 5.88 Å². The summed E-state index contributed by atoms with van der Waals surface area (Å²) in [5.41, 5.74) is 0.805. The number of nitrogens with one attached hydrogen (secondary N) is 1. The number of Topliss-reactive ketones (excluding diaryl/α,β-unsaturated/α-hetero) is 1. The Bertz CT molecular complexity index is 1330. The normalized spacial score (nSPS) is 22.1. The molecule has 2 aliphatic rings. The predicted molar refractivity (Wildman–Crippen MR) is 140 cm³/mol. The second-order valence-corrected chi connectivity index (χ2v) is 12.6. The fourth-order valence-corrected chi connectivity index (χ4v) is 7.97. The molecule has 2 fully saturated rings. The van der Waals surface area contributed by atoms with Gasteiger partial charge in [0.1, 0.15) is 11.6 Å². The molecule has 37 heavy (non-hydrogen) atoms. The third-order valence-electron chi connectivity index (χ3n) is 8.31. The second-order valence-electron chi connectivity index (χ2n) is 10.9. The van der Waals surface area contributed by atoms with Crippen LogP contribution < -0.4 is 9.46 Å². The summed E-state index contributed by atoms with van der Waals surface area (Å²) >= 11 is 0. The summed E-state index contributed by atoms with van der Waals surface area (Å²) in [6.07, 6.45) is 2.98. The number of aromatic nitrogens is 1. The summed E-state index contributed by atoms with van der Waals surface area (Å²) in [5.74, 6) is -1.23. The first-order chi connectivity index (χ1) is 16.8. The van der Waals surface area contributed by atoms with Gasteiger partial charge in [0.15, 0.2) is 0 Å². The van der Waals surface area contributed by atoms with E-state index in [0.29, 0.717) is 41.0 Å². The van der Waals surface area contributed by atoms with E-state index in [1.807, 2.05) is 27.7 Å². The summed E-state index contributed by atoms with van der Waals surface area (Å²) in [7, 11) is -2.61. The summed E-state index contributed by atoms with van der Waals surface area (Å²) in [4.78, 5) is 30.0. The molecule has 2 aromatic rings. The van der Waals surface area contributed by atoms with Crippen molar-refractivity contribution in [2.75, 3.05) is 12.9 Å². The molecule has 1 amide bonds. The number of ketones is 1. The van der Waals surface area contributed by atoms with Crippen LogP contribution in [0.15, 0.2) is 30.5 Å². The molecule has 1 radical (unpaired) electrons. The minimum Gasteiger partial charge on any atom is -0.481 e. The first-order valence-corrected chi connectivity index (χ1v) is 13.8. The van der Waals surface area contributed by atoms with Gasteiger partial charge in [0, 0.05) is 70.1 Å².